The van der Waals surface area contributed by atoms with Crippen molar-refractivity contribution in [3.05, 3.63) is 41.6 Å². The van der Waals surface area contributed by atoms with E-state index >= 15 is 0 Å². The van der Waals surface area contributed by atoms with Crippen LogP contribution < -0.4 is 16.4 Å². The van der Waals surface area contributed by atoms with Crippen LogP contribution in [0.4, 0.5) is 0 Å². The lowest BCUT2D eigenvalue weighted by atomic mass is 10.0. The lowest BCUT2D eigenvalue weighted by molar-refractivity contribution is -0.145. The lowest BCUT2D eigenvalue weighted by Crippen LogP contribution is -2.70. The Morgan fingerprint density at radius 1 is 1.21 bits per heavy atom. The smallest absolute Gasteiger partial charge is 0.336 e. The number of carboxylic acid groups (broad SMARTS) is 1. The van der Waals surface area contributed by atoms with Gasteiger partial charge in [0.05, 0.1) is 5.57 Å². The van der Waals surface area contributed by atoms with Crippen LogP contribution >= 0.6 is 11.8 Å². The van der Waals surface area contributed by atoms with Gasteiger partial charge in [-0.05, 0) is 17.7 Å². The van der Waals surface area contributed by atoms with Crippen LogP contribution in [0.1, 0.15) is 18.5 Å². The second-order valence-corrected chi connectivity index (χ2v) is 7.52. The van der Waals surface area contributed by atoms with E-state index in [0.29, 0.717) is 5.56 Å². The summed E-state index contributed by atoms with van der Waals surface area (Å²) >= 11 is 1.04. The average molecular weight is 406 g/mol. The van der Waals surface area contributed by atoms with Crippen molar-refractivity contribution in [1.29, 1.82) is 0 Å². The van der Waals surface area contributed by atoms with Crippen LogP contribution in [0.15, 0.2) is 36.0 Å². The number of hydrogen-bond acceptors (Lipinski definition) is 7. The molecule has 2 aliphatic rings. The van der Waals surface area contributed by atoms with Crippen molar-refractivity contribution in [3.63, 3.8) is 0 Å². The van der Waals surface area contributed by atoms with Crippen LogP contribution in [0.2, 0.25) is 0 Å². The summed E-state index contributed by atoms with van der Waals surface area (Å²) in [6.07, 6.45) is 1.18. The van der Waals surface area contributed by atoms with E-state index in [9.17, 15) is 29.4 Å². The molecule has 0 aliphatic carbocycles. The predicted molar refractivity (Wildman–Crippen MR) is 98.5 cm³/mol. The summed E-state index contributed by atoms with van der Waals surface area (Å²) in [5, 5.41) is 22.3. The van der Waals surface area contributed by atoms with Crippen molar-refractivity contribution in [3.8, 4) is 5.75 Å². The Morgan fingerprint density at radius 3 is 2.43 bits per heavy atom. The molecule has 10 nitrogen and oxygen atoms in total. The maximum atomic E-state index is 12.4. The van der Waals surface area contributed by atoms with Gasteiger partial charge >= 0.3 is 5.97 Å². The summed E-state index contributed by atoms with van der Waals surface area (Å²) in [6.45, 7) is 1.26. The lowest BCUT2D eigenvalue weighted by Gasteiger charge is -2.49. The van der Waals surface area contributed by atoms with Gasteiger partial charge in [-0.25, -0.2) is 4.79 Å². The number of thioether (sulfide) groups is 1. The van der Waals surface area contributed by atoms with Gasteiger partial charge < -0.3 is 31.5 Å². The number of hydrogen-bond donors (Lipinski definition) is 5. The highest BCUT2D eigenvalue weighted by Gasteiger charge is 2.52. The van der Waals surface area contributed by atoms with Crippen LogP contribution in [0, 0.1) is 0 Å². The first kappa shape index (κ1) is 19.7. The minimum absolute atomic E-state index is 0.0322. The quantitative estimate of drug-likeness (QED) is 0.398. The van der Waals surface area contributed by atoms with Crippen molar-refractivity contribution in [2.75, 3.05) is 0 Å². The molecule has 1 aromatic carbocycles. The Hall–Kier alpha value is -3.05. The summed E-state index contributed by atoms with van der Waals surface area (Å²) in [7, 11) is 0. The van der Waals surface area contributed by atoms with E-state index in [1.165, 1.54) is 42.3 Å². The number of nitrogens with two attached hydrogens (primary N) is 1. The Balaban J connectivity index is 1.72. The molecule has 4 atom stereocenters. The Bertz CT molecular complexity index is 871. The molecule has 0 radical (unpaired) electrons. The molecule has 11 heteroatoms. The van der Waals surface area contributed by atoms with E-state index in [2.05, 4.69) is 10.6 Å². The van der Waals surface area contributed by atoms with Crippen LogP contribution in [-0.2, 0) is 19.2 Å². The second kappa shape index (κ2) is 7.52. The van der Waals surface area contributed by atoms with E-state index in [1.54, 1.807) is 0 Å². The van der Waals surface area contributed by atoms with Gasteiger partial charge in [0, 0.05) is 13.1 Å². The van der Waals surface area contributed by atoms with E-state index in [-0.39, 0.29) is 11.3 Å². The number of amides is 3. The van der Waals surface area contributed by atoms with E-state index in [1.807, 2.05) is 0 Å². The first-order valence-electron chi connectivity index (χ1n) is 8.23. The summed E-state index contributed by atoms with van der Waals surface area (Å²) in [5.41, 5.74) is 6.24. The van der Waals surface area contributed by atoms with Gasteiger partial charge in [0.15, 0.2) is 0 Å². The fourth-order valence-corrected chi connectivity index (χ4v) is 4.33. The number of nitrogens with one attached hydrogen (secondary N) is 2. The molecule has 3 amide bonds. The van der Waals surface area contributed by atoms with Crippen molar-refractivity contribution < 1.29 is 29.4 Å². The normalized spacial score (nSPS) is 24.4. The number of fused-ring (bicyclic) bond motifs is 1. The number of benzene rings is 1. The standard InChI is InChI=1S/C17H18N4O6S/c1-7(22)19-14-10(17(26)27)6-21-15(25)12(16(21)28-14)20-13(24)11(18)8-2-4-9(23)5-3-8/h2-6,11-12,14,16,23H,18H2,1H3,(H,19,22)(H,20,24)(H,26,27)/t11?,12?,14?,16-/m1/s1. The topological polar surface area (TPSA) is 162 Å². The third-order valence-corrected chi connectivity index (χ3v) is 5.75. The molecular weight excluding hydrogens is 388 g/mol. The molecule has 6 N–H and O–H groups in total. The highest BCUT2D eigenvalue weighted by molar-refractivity contribution is 8.00. The van der Waals surface area contributed by atoms with Gasteiger partial charge in [0.1, 0.15) is 28.6 Å². The zero-order chi connectivity index (χ0) is 20.6. The molecule has 0 spiro atoms. The molecule has 0 aromatic heterocycles. The number of β-lactam (4-membered cyclic amide) rings is 1. The molecule has 1 fully saturated rings. The third-order valence-electron chi connectivity index (χ3n) is 4.33. The molecule has 3 unspecified atom stereocenters. The highest BCUT2D eigenvalue weighted by atomic mass is 32.2. The molecule has 28 heavy (non-hydrogen) atoms. The molecule has 0 saturated carbocycles. The maximum absolute atomic E-state index is 12.4. The highest BCUT2D eigenvalue weighted by Crippen LogP contribution is 2.39. The van der Waals surface area contributed by atoms with E-state index < -0.39 is 46.5 Å². The van der Waals surface area contributed by atoms with Crippen molar-refractivity contribution in [2.24, 2.45) is 5.73 Å². The number of aliphatic carboxylic acids is 1. The van der Waals surface area contributed by atoms with Gasteiger partial charge in [-0.2, -0.15) is 0 Å². The largest absolute Gasteiger partial charge is 0.508 e. The summed E-state index contributed by atoms with van der Waals surface area (Å²) in [4.78, 5) is 48.7. The zero-order valence-electron chi connectivity index (χ0n) is 14.7. The predicted octanol–water partition coefficient (Wildman–Crippen LogP) is -0.777. The molecule has 2 aliphatic heterocycles. The van der Waals surface area contributed by atoms with Gasteiger partial charge in [-0.15, -0.1) is 11.8 Å². The number of nitrogens with zero attached hydrogens (tertiary/aromatic N) is 1. The van der Waals surface area contributed by atoms with Crippen LogP contribution in [0.25, 0.3) is 0 Å². The van der Waals surface area contributed by atoms with Gasteiger partial charge in [-0.1, -0.05) is 12.1 Å². The number of rotatable bonds is 5. The number of carboxylic acids is 1. The summed E-state index contributed by atoms with van der Waals surface area (Å²) in [5.74, 6) is -2.69. The molecular formula is C17H18N4O6S. The number of carbonyl (C=O) groups excluding carboxylic acids is 3. The molecule has 3 rings (SSSR count). The molecule has 1 aromatic rings. The van der Waals surface area contributed by atoms with Crippen molar-refractivity contribution >= 4 is 35.5 Å². The van der Waals surface area contributed by atoms with Crippen molar-refractivity contribution in [2.45, 2.75) is 29.8 Å². The minimum Gasteiger partial charge on any atom is -0.508 e. The zero-order valence-corrected chi connectivity index (χ0v) is 15.5. The first-order valence-corrected chi connectivity index (χ1v) is 9.18. The molecule has 2 heterocycles. The Morgan fingerprint density at radius 2 is 1.86 bits per heavy atom. The number of carbonyl (C=O) groups is 4. The molecule has 0 bridgehead atoms. The number of phenolic OH excluding ortho intramolecular Hbond substituents is 1. The number of aromatic hydroxyl groups is 1. The van der Waals surface area contributed by atoms with Gasteiger partial charge in [-0.3, -0.25) is 14.4 Å². The van der Waals surface area contributed by atoms with Crippen molar-refractivity contribution in [1.82, 2.24) is 15.5 Å². The van der Waals surface area contributed by atoms with Gasteiger partial charge in [0.2, 0.25) is 11.8 Å². The first-order chi connectivity index (χ1) is 13.2. The maximum Gasteiger partial charge on any atom is 0.336 e. The third kappa shape index (κ3) is 3.66. The summed E-state index contributed by atoms with van der Waals surface area (Å²) < 4.78 is 0. The average Bonchev–Trinajstić information content (AvgIpc) is 2.64. The minimum atomic E-state index is -1.25. The van der Waals surface area contributed by atoms with Gasteiger partial charge in [0.25, 0.3) is 5.91 Å². The monoisotopic (exact) mass is 406 g/mol. The van der Waals surface area contributed by atoms with Crippen LogP contribution in [0.5, 0.6) is 5.75 Å². The Kier molecular flexibility index (Phi) is 5.29. The molecule has 148 valence electrons. The molecule has 1 saturated heterocycles. The van der Waals surface area contributed by atoms with Crippen LogP contribution in [-0.4, -0.2) is 55.6 Å². The Labute approximate surface area is 163 Å². The van der Waals surface area contributed by atoms with E-state index in [0.717, 1.165) is 11.8 Å². The fraction of sp³-hybridized carbons (Fsp3) is 0.294. The summed E-state index contributed by atoms with van der Waals surface area (Å²) in [6, 6.07) is 3.84. The van der Waals surface area contributed by atoms with E-state index in [4.69, 9.17) is 5.73 Å². The number of phenols is 1. The van der Waals surface area contributed by atoms with Crippen LogP contribution in [0.3, 0.4) is 0 Å². The second-order valence-electron chi connectivity index (χ2n) is 6.30. The fourth-order valence-electron chi connectivity index (χ4n) is 2.87. The SMILES string of the molecule is CC(=O)NC1S[C@@H]2C(NC(=O)C(N)c3ccc(O)cc3)C(=O)N2C=C1C(=O)O.